The zero-order valence-corrected chi connectivity index (χ0v) is 10.7. The molecule has 0 aliphatic carbocycles. The van der Waals surface area contributed by atoms with Crippen LogP contribution in [0.3, 0.4) is 0 Å². The highest BCUT2D eigenvalue weighted by Gasteiger charge is 2.02. The number of benzene rings is 1. The second-order valence-corrected chi connectivity index (χ2v) is 6.18. The Morgan fingerprint density at radius 1 is 1.25 bits per heavy atom. The molecule has 4 heteroatoms. The van der Waals surface area contributed by atoms with E-state index >= 15 is 0 Å². The number of anilines is 1. The number of aryl methyl sites for hydroxylation is 1. The molecule has 0 aromatic heterocycles. The van der Waals surface area contributed by atoms with E-state index < -0.39 is 9.84 Å². The van der Waals surface area contributed by atoms with Crippen LogP contribution in [0.15, 0.2) is 24.3 Å². The predicted octanol–water partition coefficient (Wildman–Crippen LogP) is 2.10. The summed E-state index contributed by atoms with van der Waals surface area (Å²) in [5.74, 6) is 0.244. The number of sulfone groups is 1. The molecule has 0 aliphatic heterocycles. The van der Waals surface area contributed by atoms with Crippen molar-refractivity contribution in [2.24, 2.45) is 0 Å². The Bertz CT molecular complexity index is 426. The lowest BCUT2D eigenvalue weighted by molar-refractivity contribution is 0.600. The molecule has 1 N–H and O–H groups in total. The van der Waals surface area contributed by atoms with Gasteiger partial charge < -0.3 is 5.32 Å². The SMILES string of the molecule is CCc1ccccc1NCCCS(C)(=O)=O. The van der Waals surface area contributed by atoms with Crippen LogP contribution in [0.1, 0.15) is 18.9 Å². The summed E-state index contributed by atoms with van der Waals surface area (Å²) in [7, 11) is -2.83. The van der Waals surface area contributed by atoms with E-state index in [0.717, 1.165) is 12.1 Å². The molecule has 90 valence electrons. The van der Waals surface area contributed by atoms with Crippen molar-refractivity contribution in [2.45, 2.75) is 19.8 Å². The van der Waals surface area contributed by atoms with Gasteiger partial charge >= 0.3 is 0 Å². The second-order valence-electron chi connectivity index (χ2n) is 3.92. The third-order valence-corrected chi connectivity index (χ3v) is 3.44. The third kappa shape index (κ3) is 4.66. The summed E-state index contributed by atoms with van der Waals surface area (Å²) in [6.07, 6.45) is 2.90. The monoisotopic (exact) mass is 241 g/mol. The van der Waals surface area contributed by atoms with Gasteiger partial charge in [0.2, 0.25) is 0 Å². The minimum absolute atomic E-state index is 0.244. The van der Waals surface area contributed by atoms with Crippen molar-refractivity contribution in [3.63, 3.8) is 0 Å². The normalized spacial score (nSPS) is 11.4. The van der Waals surface area contributed by atoms with E-state index in [4.69, 9.17) is 0 Å². The van der Waals surface area contributed by atoms with Crippen LogP contribution in [0.25, 0.3) is 0 Å². The van der Waals surface area contributed by atoms with E-state index in [1.165, 1.54) is 11.8 Å². The van der Waals surface area contributed by atoms with E-state index in [0.29, 0.717) is 13.0 Å². The van der Waals surface area contributed by atoms with Crippen molar-refractivity contribution in [1.29, 1.82) is 0 Å². The van der Waals surface area contributed by atoms with Gasteiger partial charge in [-0.15, -0.1) is 0 Å². The maximum Gasteiger partial charge on any atom is 0.147 e. The molecule has 0 fully saturated rings. The molecule has 0 bridgehead atoms. The van der Waals surface area contributed by atoms with Crippen LogP contribution < -0.4 is 5.32 Å². The van der Waals surface area contributed by atoms with Gasteiger partial charge in [-0.1, -0.05) is 25.1 Å². The highest BCUT2D eigenvalue weighted by molar-refractivity contribution is 7.90. The quantitative estimate of drug-likeness (QED) is 0.776. The smallest absolute Gasteiger partial charge is 0.147 e. The van der Waals surface area contributed by atoms with Crippen LogP contribution in [-0.4, -0.2) is 27.0 Å². The minimum atomic E-state index is -2.83. The number of nitrogens with one attached hydrogen (secondary N) is 1. The van der Waals surface area contributed by atoms with Gasteiger partial charge in [0.1, 0.15) is 9.84 Å². The molecule has 0 saturated carbocycles. The highest BCUT2D eigenvalue weighted by atomic mass is 32.2. The van der Waals surface area contributed by atoms with Gasteiger partial charge in [0.05, 0.1) is 5.75 Å². The topological polar surface area (TPSA) is 46.2 Å². The van der Waals surface area contributed by atoms with Crippen molar-refractivity contribution < 1.29 is 8.42 Å². The van der Waals surface area contributed by atoms with Crippen LogP contribution in [0.2, 0.25) is 0 Å². The van der Waals surface area contributed by atoms with Crippen LogP contribution in [0, 0.1) is 0 Å². The summed E-state index contributed by atoms with van der Waals surface area (Å²) < 4.78 is 21.9. The summed E-state index contributed by atoms with van der Waals surface area (Å²) in [4.78, 5) is 0. The van der Waals surface area contributed by atoms with Gasteiger partial charge in [-0.2, -0.15) is 0 Å². The molecule has 0 atom stereocenters. The molecule has 1 rings (SSSR count). The lowest BCUT2D eigenvalue weighted by Gasteiger charge is -2.10. The summed E-state index contributed by atoms with van der Waals surface area (Å²) in [6.45, 7) is 2.81. The Kier molecular flexibility index (Phi) is 4.80. The average Bonchev–Trinajstić information content (AvgIpc) is 2.23. The van der Waals surface area contributed by atoms with Gasteiger partial charge in [0.25, 0.3) is 0 Å². The van der Waals surface area contributed by atoms with E-state index in [2.05, 4.69) is 18.3 Å². The Balaban J connectivity index is 2.43. The maximum atomic E-state index is 10.9. The van der Waals surface area contributed by atoms with Crippen molar-refractivity contribution in [2.75, 3.05) is 23.9 Å². The molecule has 1 aromatic rings. The standard InChI is InChI=1S/C12H19NO2S/c1-3-11-7-4-5-8-12(11)13-9-6-10-16(2,14)15/h4-5,7-8,13H,3,6,9-10H2,1-2H3. The summed E-state index contributed by atoms with van der Waals surface area (Å²) in [5.41, 5.74) is 2.38. The lowest BCUT2D eigenvalue weighted by atomic mass is 10.1. The number of hydrogen-bond acceptors (Lipinski definition) is 3. The first-order valence-electron chi connectivity index (χ1n) is 5.52. The highest BCUT2D eigenvalue weighted by Crippen LogP contribution is 2.15. The Morgan fingerprint density at radius 3 is 2.56 bits per heavy atom. The van der Waals surface area contributed by atoms with E-state index in [-0.39, 0.29) is 5.75 Å². The lowest BCUT2D eigenvalue weighted by Crippen LogP contribution is -2.10. The molecular weight excluding hydrogens is 222 g/mol. The fourth-order valence-corrected chi connectivity index (χ4v) is 2.23. The summed E-state index contributed by atoms with van der Waals surface area (Å²) in [6, 6.07) is 8.11. The second kappa shape index (κ2) is 5.89. The molecule has 0 heterocycles. The van der Waals surface area contributed by atoms with Crippen molar-refractivity contribution >= 4 is 15.5 Å². The Morgan fingerprint density at radius 2 is 1.94 bits per heavy atom. The van der Waals surface area contributed by atoms with Crippen LogP contribution in [0.5, 0.6) is 0 Å². The van der Waals surface area contributed by atoms with Crippen molar-refractivity contribution in [3.05, 3.63) is 29.8 Å². The first-order chi connectivity index (χ1) is 7.53. The van der Waals surface area contributed by atoms with Gasteiger partial charge in [0, 0.05) is 18.5 Å². The molecule has 16 heavy (non-hydrogen) atoms. The number of para-hydroxylation sites is 1. The van der Waals surface area contributed by atoms with E-state index in [1.54, 1.807) is 0 Å². The largest absolute Gasteiger partial charge is 0.385 e. The molecule has 3 nitrogen and oxygen atoms in total. The first-order valence-corrected chi connectivity index (χ1v) is 7.58. The van der Waals surface area contributed by atoms with Gasteiger partial charge in [-0.05, 0) is 24.5 Å². The number of rotatable bonds is 6. The van der Waals surface area contributed by atoms with E-state index in [9.17, 15) is 8.42 Å². The molecule has 0 unspecified atom stereocenters. The summed E-state index contributed by atoms with van der Waals surface area (Å²) in [5, 5.41) is 3.27. The first kappa shape index (κ1) is 13.0. The van der Waals surface area contributed by atoms with E-state index in [1.807, 2.05) is 18.2 Å². The molecule has 1 aromatic carbocycles. The van der Waals surface area contributed by atoms with Crippen LogP contribution in [0.4, 0.5) is 5.69 Å². The zero-order valence-electron chi connectivity index (χ0n) is 9.86. The van der Waals surface area contributed by atoms with Crippen molar-refractivity contribution in [1.82, 2.24) is 0 Å². The maximum absolute atomic E-state index is 10.9. The van der Waals surface area contributed by atoms with Crippen molar-refractivity contribution in [3.8, 4) is 0 Å². The molecule has 0 aliphatic rings. The summed E-state index contributed by atoms with van der Waals surface area (Å²) >= 11 is 0. The van der Waals surface area contributed by atoms with Crippen LogP contribution >= 0.6 is 0 Å². The predicted molar refractivity (Wildman–Crippen MR) is 68.6 cm³/mol. The Hall–Kier alpha value is -1.03. The van der Waals surface area contributed by atoms with Gasteiger partial charge in [-0.25, -0.2) is 8.42 Å². The molecule has 0 saturated heterocycles. The molecule has 0 radical (unpaired) electrons. The van der Waals surface area contributed by atoms with Crippen LogP contribution in [-0.2, 0) is 16.3 Å². The molecule has 0 spiro atoms. The minimum Gasteiger partial charge on any atom is -0.385 e. The Labute approximate surface area is 97.8 Å². The van der Waals surface area contributed by atoms with Gasteiger partial charge in [-0.3, -0.25) is 0 Å². The molecule has 0 amide bonds. The van der Waals surface area contributed by atoms with Gasteiger partial charge in [0.15, 0.2) is 0 Å². The third-order valence-electron chi connectivity index (χ3n) is 2.41. The molecular formula is C12H19NO2S. The zero-order chi connectivity index (χ0) is 12.0. The number of hydrogen-bond donors (Lipinski definition) is 1. The fraction of sp³-hybridized carbons (Fsp3) is 0.500. The average molecular weight is 241 g/mol. The fourth-order valence-electron chi connectivity index (χ4n) is 1.56.